The van der Waals surface area contributed by atoms with Crippen molar-refractivity contribution in [3.8, 4) is 0 Å². The van der Waals surface area contributed by atoms with E-state index in [0.29, 0.717) is 11.4 Å². The van der Waals surface area contributed by atoms with Crippen LogP contribution in [0.25, 0.3) is 0 Å². The number of nitrogens with zero attached hydrogens (tertiary/aromatic N) is 1. The van der Waals surface area contributed by atoms with Crippen LogP contribution in [-0.4, -0.2) is 18.8 Å². The van der Waals surface area contributed by atoms with Gasteiger partial charge in [-0.15, -0.1) is 0 Å². The molecule has 0 atom stereocenters. The number of carbonyl (C=O) groups excluding carboxylic acids is 2. The molecule has 0 fully saturated rings. The Hall–Kier alpha value is -2.13. The van der Waals surface area contributed by atoms with E-state index in [-0.39, 0.29) is 6.61 Å². The SMILES string of the molecule is CCOC(=O)Nc1c(C)cccc1N=C=O. The molecule has 1 N–H and O–H groups in total. The molecule has 0 saturated carbocycles. The zero-order valence-corrected chi connectivity index (χ0v) is 9.11. The molecular formula is C11H12N2O3. The summed E-state index contributed by atoms with van der Waals surface area (Å²) >= 11 is 0. The number of hydrogen-bond donors (Lipinski definition) is 1. The summed E-state index contributed by atoms with van der Waals surface area (Å²) in [5, 5.41) is 2.53. The molecule has 1 aromatic rings. The quantitative estimate of drug-likeness (QED) is 0.628. The van der Waals surface area contributed by atoms with Gasteiger partial charge >= 0.3 is 6.09 Å². The Bertz CT molecular complexity index is 437. The average Bonchev–Trinajstić information content (AvgIpc) is 2.24. The molecule has 0 spiro atoms. The smallest absolute Gasteiger partial charge is 0.411 e. The first-order valence-corrected chi connectivity index (χ1v) is 4.80. The van der Waals surface area contributed by atoms with Crippen molar-refractivity contribution in [2.24, 2.45) is 4.99 Å². The van der Waals surface area contributed by atoms with Gasteiger partial charge in [-0.3, -0.25) is 5.32 Å². The first-order chi connectivity index (χ1) is 7.69. The molecule has 5 nitrogen and oxygen atoms in total. The molecule has 16 heavy (non-hydrogen) atoms. The van der Waals surface area contributed by atoms with Crippen molar-refractivity contribution in [2.45, 2.75) is 13.8 Å². The van der Waals surface area contributed by atoms with Gasteiger partial charge in [0.15, 0.2) is 0 Å². The molecule has 1 amide bonds. The second-order valence-electron chi connectivity index (χ2n) is 3.02. The van der Waals surface area contributed by atoms with E-state index in [1.165, 1.54) is 6.08 Å². The van der Waals surface area contributed by atoms with Crippen LogP contribution in [0.15, 0.2) is 23.2 Å². The summed E-state index contributed by atoms with van der Waals surface area (Å²) in [5.74, 6) is 0. The Morgan fingerprint density at radius 2 is 2.31 bits per heavy atom. The normalized spacial score (nSPS) is 9.12. The lowest BCUT2D eigenvalue weighted by molar-refractivity contribution is 0.168. The van der Waals surface area contributed by atoms with Crippen molar-refractivity contribution in [1.82, 2.24) is 0 Å². The summed E-state index contributed by atoms with van der Waals surface area (Å²) in [6.45, 7) is 3.79. The van der Waals surface area contributed by atoms with Crippen molar-refractivity contribution in [1.29, 1.82) is 0 Å². The van der Waals surface area contributed by atoms with E-state index >= 15 is 0 Å². The molecule has 0 radical (unpaired) electrons. The number of anilines is 1. The number of carbonyl (C=O) groups is 1. The van der Waals surface area contributed by atoms with Gasteiger partial charge in [0.1, 0.15) is 5.69 Å². The highest BCUT2D eigenvalue weighted by atomic mass is 16.5. The number of amides is 1. The maximum absolute atomic E-state index is 11.2. The van der Waals surface area contributed by atoms with Gasteiger partial charge in [0.25, 0.3) is 0 Å². The molecule has 0 bridgehead atoms. The Labute approximate surface area is 93.1 Å². The predicted octanol–water partition coefficient (Wildman–Crippen LogP) is 2.53. The molecule has 0 aliphatic carbocycles. The van der Waals surface area contributed by atoms with Crippen LogP contribution in [0.5, 0.6) is 0 Å². The van der Waals surface area contributed by atoms with Gasteiger partial charge in [-0.2, -0.15) is 4.99 Å². The fourth-order valence-corrected chi connectivity index (χ4v) is 1.23. The summed E-state index contributed by atoms with van der Waals surface area (Å²) in [5.41, 5.74) is 1.62. The molecule has 0 aliphatic heterocycles. The number of aliphatic imine (C=N–C) groups is 1. The van der Waals surface area contributed by atoms with Gasteiger partial charge in [-0.05, 0) is 25.5 Å². The lowest BCUT2D eigenvalue weighted by atomic mass is 10.1. The van der Waals surface area contributed by atoms with Crippen LogP contribution in [0.1, 0.15) is 12.5 Å². The van der Waals surface area contributed by atoms with Crippen LogP contribution in [0.2, 0.25) is 0 Å². The van der Waals surface area contributed by atoms with Crippen LogP contribution < -0.4 is 5.32 Å². The second-order valence-corrected chi connectivity index (χ2v) is 3.02. The number of rotatable bonds is 3. The molecule has 5 heteroatoms. The highest BCUT2D eigenvalue weighted by Gasteiger charge is 2.09. The van der Waals surface area contributed by atoms with E-state index in [2.05, 4.69) is 10.3 Å². The molecule has 1 rings (SSSR count). The Kier molecular flexibility index (Phi) is 4.24. The molecule has 0 aliphatic rings. The number of para-hydroxylation sites is 1. The van der Waals surface area contributed by atoms with Gasteiger partial charge in [-0.25, -0.2) is 9.59 Å². The minimum atomic E-state index is -0.570. The minimum Gasteiger partial charge on any atom is -0.450 e. The third-order valence-electron chi connectivity index (χ3n) is 1.92. The Morgan fingerprint density at radius 1 is 1.56 bits per heavy atom. The van der Waals surface area contributed by atoms with Crippen LogP contribution in [0, 0.1) is 6.92 Å². The number of nitrogens with one attached hydrogen (secondary N) is 1. The number of aryl methyl sites for hydroxylation is 1. The second kappa shape index (κ2) is 5.68. The summed E-state index contributed by atoms with van der Waals surface area (Å²) in [7, 11) is 0. The summed E-state index contributed by atoms with van der Waals surface area (Å²) in [4.78, 5) is 25.0. The highest BCUT2D eigenvalue weighted by molar-refractivity contribution is 5.90. The summed E-state index contributed by atoms with van der Waals surface area (Å²) in [6.07, 6.45) is 0.870. The summed E-state index contributed by atoms with van der Waals surface area (Å²) < 4.78 is 4.74. The number of isocyanates is 1. The Balaban J connectivity index is 3.01. The highest BCUT2D eigenvalue weighted by Crippen LogP contribution is 2.27. The van der Waals surface area contributed by atoms with Crippen molar-refractivity contribution < 1.29 is 14.3 Å². The van der Waals surface area contributed by atoms with Crippen LogP contribution in [0.4, 0.5) is 16.2 Å². The van der Waals surface area contributed by atoms with Crippen LogP contribution in [-0.2, 0) is 9.53 Å². The summed E-state index contributed by atoms with van der Waals surface area (Å²) in [6, 6.07) is 5.15. The minimum absolute atomic E-state index is 0.282. The first-order valence-electron chi connectivity index (χ1n) is 4.80. The average molecular weight is 220 g/mol. The molecule has 1 aromatic carbocycles. The monoisotopic (exact) mass is 220 g/mol. The van der Waals surface area contributed by atoms with Gasteiger partial charge in [0.2, 0.25) is 6.08 Å². The molecule has 0 saturated heterocycles. The van der Waals surface area contributed by atoms with Gasteiger partial charge < -0.3 is 4.74 Å². The van der Waals surface area contributed by atoms with Crippen molar-refractivity contribution in [3.05, 3.63) is 23.8 Å². The van der Waals surface area contributed by atoms with E-state index in [9.17, 15) is 9.59 Å². The van der Waals surface area contributed by atoms with Crippen molar-refractivity contribution in [3.63, 3.8) is 0 Å². The van der Waals surface area contributed by atoms with Crippen LogP contribution >= 0.6 is 0 Å². The largest absolute Gasteiger partial charge is 0.450 e. The van der Waals surface area contributed by atoms with Crippen molar-refractivity contribution in [2.75, 3.05) is 11.9 Å². The van der Waals surface area contributed by atoms with E-state index in [0.717, 1.165) is 5.56 Å². The predicted molar refractivity (Wildman–Crippen MR) is 59.6 cm³/mol. The third-order valence-corrected chi connectivity index (χ3v) is 1.92. The topological polar surface area (TPSA) is 67.8 Å². The fourth-order valence-electron chi connectivity index (χ4n) is 1.23. The van der Waals surface area contributed by atoms with E-state index in [1.54, 1.807) is 32.0 Å². The van der Waals surface area contributed by atoms with E-state index < -0.39 is 6.09 Å². The lowest BCUT2D eigenvalue weighted by Gasteiger charge is -2.09. The Morgan fingerprint density at radius 3 is 2.94 bits per heavy atom. The standard InChI is InChI=1S/C11H12N2O3/c1-3-16-11(15)13-10-8(2)5-4-6-9(10)12-7-14/h4-6H,3H2,1-2H3,(H,13,15). The van der Waals surface area contributed by atoms with Crippen LogP contribution in [0.3, 0.4) is 0 Å². The molecule has 84 valence electrons. The third kappa shape index (κ3) is 2.93. The lowest BCUT2D eigenvalue weighted by Crippen LogP contribution is -2.14. The zero-order chi connectivity index (χ0) is 12.0. The molecule has 0 heterocycles. The molecular weight excluding hydrogens is 208 g/mol. The first kappa shape index (κ1) is 11.9. The maximum Gasteiger partial charge on any atom is 0.411 e. The van der Waals surface area contributed by atoms with E-state index in [4.69, 9.17) is 4.74 Å². The van der Waals surface area contributed by atoms with Gasteiger partial charge in [-0.1, -0.05) is 12.1 Å². The van der Waals surface area contributed by atoms with Gasteiger partial charge in [0, 0.05) is 0 Å². The van der Waals surface area contributed by atoms with E-state index in [1.807, 2.05) is 0 Å². The number of benzene rings is 1. The number of ether oxygens (including phenoxy) is 1. The maximum atomic E-state index is 11.2. The zero-order valence-electron chi connectivity index (χ0n) is 9.11. The molecule has 0 unspecified atom stereocenters. The fraction of sp³-hybridized carbons (Fsp3) is 0.273. The van der Waals surface area contributed by atoms with Crippen molar-refractivity contribution >= 4 is 23.5 Å². The number of hydrogen-bond acceptors (Lipinski definition) is 4. The molecule has 0 aromatic heterocycles. The van der Waals surface area contributed by atoms with Gasteiger partial charge in [0.05, 0.1) is 12.3 Å².